The second-order valence-corrected chi connectivity index (χ2v) is 3.37. The van der Waals surface area contributed by atoms with Crippen LogP contribution < -0.4 is 10.2 Å². The molecule has 2 rings (SSSR count). The van der Waals surface area contributed by atoms with E-state index < -0.39 is 0 Å². The van der Waals surface area contributed by atoms with Crippen LogP contribution in [0.4, 0.5) is 11.4 Å². The first-order valence-electron chi connectivity index (χ1n) is 4.33. The Morgan fingerprint density at radius 1 is 1.42 bits per heavy atom. The van der Waals surface area contributed by atoms with Crippen LogP contribution in [0.2, 0.25) is 0 Å². The van der Waals surface area contributed by atoms with Crippen LogP contribution in [-0.4, -0.2) is 20.1 Å². The average Bonchev–Trinajstić information content (AvgIpc) is 2.04. The summed E-state index contributed by atoms with van der Waals surface area (Å²) in [7, 11) is 2.13. The largest absolute Gasteiger partial charge is 0.382 e. The zero-order valence-corrected chi connectivity index (χ0v) is 7.59. The van der Waals surface area contributed by atoms with E-state index in [1.165, 1.54) is 16.9 Å². The molecule has 1 aliphatic heterocycles. The molecule has 0 unspecified atom stereocenters. The summed E-state index contributed by atoms with van der Waals surface area (Å²) >= 11 is 0. The Morgan fingerprint density at radius 3 is 3.08 bits per heavy atom. The van der Waals surface area contributed by atoms with Gasteiger partial charge in [0, 0.05) is 20.1 Å². The van der Waals surface area contributed by atoms with Crippen molar-refractivity contribution in [2.75, 3.05) is 30.4 Å². The summed E-state index contributed by atoms with van der Waals surface area (Å²) in [5.41, 5.74) is 3.90. The minimum Gasteiger partial charge on any atom is -0.382 e. The summed E-state index contributed by atoms with van der Waals surface area (Å²) in [6, 6.07) is 6.53. The van der Waals surface area contributed by atoms with Crippen molar-refractivity contribution < 1.29 is 0 Å². The Labute approximate surface area is 73.2 Å². The fourth-order valence-electron chi connectivity index (χ4n) is 1.60. The second-order valence-electron chi connectivity index (χ2n) is 3.37. The first-order valence-corrected chi connectivity index (χ1v) is 4.33. The van der Waals surface area contributed by atoms with E-state index in [9.17, 15) is 0 Å². The van der Waals surface area contributed by atoms with Crippen molar-refractivity contribution in [1.82, 2.24) is 0 Å². The van der Waals surface area contributed by atoms with Crippen LogP contribution in [-0.2, 0) is 0 Å². The van der Waals surface area contributed by atoms with Crippen LogP contribution in [0.1, 0.15) is 5.56 Å². The summed E-state index contributed by atoms with van der Waals surface area (Å²) in [6.07, 6.45) is 0. The zero-order valence-electron chi connectivity index (χ0n) is 7.59. The summed E-state index contributed by atoms with van der Waals surface area (Å²) < 4.78 is 0. The topological polar surface area (TPSA) is 15.3 Å². The van der Waals surface area contributed by atoms with Crippen molar-refractivity contribution >= 4 is 11.4 Å². The van der Waals surface area contributed by atoms with Gasteiger partial charge in [0.15, 0.2) is 0 Å². The molecule has 1 aromatic rings. The van der Waals surface area contributed by atoms with Gasteiger partial charge in [-0.3, -0.25) is 0 Å². The van der Waals surface area contributed by atoms with Gasteiger partial charge in [-0.15, -0.1) is 0 Å². The number of nitrogens with one attached hydrogen (secondary N) is 1. The Morgan fingerprint density at radius 2 is 2.25 bits per heavy atom. The maximum Gasteiger partial charge on any atom is 0.0600 e. The van der Waals surface area contributed by atoms with E-state index in [4.69, 9.17) is 0 Å². The van der Waals surface area contributed by atoms with Crippen molar-refractivity contribution in [3.63, 3.8) is 0 Å². The zero-order chi connectivity index (χ0) is 8.55. The van der Waals surface area contributed by atoms with Crippen molar-refractivity contribution in [2.24, 2.45) is 0 Å². The number of nitrogens with zero attached hydrogens (tertiary/aromatic N) is 1. The van der Waals surface area contributed by atoms with Gasteiger partial charge in [-0.1, -0.05) is 6.07 Å². The highest BCUT2D eigenvalue weighted by Crippen LogP contribution is 2.28. The quantitative estimate of drug-likeness (QED) is 0.626. The number of hydrogen-bond acceptors (Lipinski definition) is 2. The molecule has 1 N–H and O–H groups in total. The highest BCUT2D eigenvalue weighted by Gasteiger charge is 2.11. The molecule has 0 saturated carbocycles. The van der Waals surface area contributed by atoms with Crippen LogP contribution in [0.25, 0.3) is 0 Å². The normalized spacial score (nSPS) is 15.3. The third-order valence-corrected chi connectivity index (χ3v) is 2.33. The molecule has 0 saturated heterocycles. The van der Waals surface area contributed by atoms with Gasteiger partial charge in [0.1, 0.15) is 0 Å². The predicted molar refractivity (Wildman–Crippen MR) is 52.9 cm³/mol. The Kier molecular flexibility index (Phi) is 1.68. The number of fused-ring (bicyclic) bond motifs is 1. The van der Waals surface area contributed by atoms with Gasteiger partial charge in [0.25, 0.3) is 0 Å². The summed E-state index contributed by atoms with van der Waals surface area (Å²) in [5, 5.41) is 3.39. The van der Waals surface area contributed by atoms with Crippen molar-refractivity contribution in [1.29, 1.82) is 0 Å². The molecule has 0 spiro atoms. The molecule has 1 aliphatic rings. The molecule has 0 atom stereocenters. The number of hydrogen-bond donors (Lipinski definition) is 1. The first kappa shape index (κ1) is 7.47. The molecular weight excluding hydrogens is 148 g/mol. The van der Waals surface area contributed by atoms with E-state index in [0.29, 0.717) is 0 Å². The first-order chi connectivity index (χ1) is 5.77. The van der Waals surface area contributed by atoms with Gasteiger partial charge in [0.05, 0.1) is 11.4 Å². The number of anilines is 2. The van der Waals surface area contributed by atoms with E-state index in [1.807, 2.05) is 0 Å². The third-order valence-electron chi connectivity index (χ3n) is 2.33. The van der Waals surface area contributed by atoms with Gasteiger partial charge < -0.3 is 10.2 Å². The molecule has 0 radical (unpaired) electrons. The molecule has 2 heteroatoms. The maximum absolute atomic E-state index is 3.39. The molecule has 2 nitrogen and oxygen atoms in total. The predicted octanol–water partition coefficient (Wildman–Crippen LogP) is 1.86. The lowest BCUT2D eigenvalue weighted by Crippen LogP contribution is -2.30. The fraction of sp³-hybridized carbons (Fsp3) is 0.400. The van der Waals surface area contributed by atoms with Gasteiger partial charge in [-0.2, -0.15) is 0 Å². The van der Waals surface area contributed by atoms with E-state index in [2.05, 4.69) is 42.4 Å². The minimum absolute atomic E-state index is 1.05. The van der Waals surface area contributed by atoms with Crippen molar-refractivity contribution in [3.05, 3.63) is 23.8 Å². The van der Waals surface area contributed by atoms with Crippen LogP contribution in [0.15, 0.2) is 18.2 Å². The standard InChI is InChI=1S/C10H14N2/c1-8-3-4-10-9(7-8)11-5-6-12(10)2/h3-4,7,11H,5-6H2,1-2H3. The van der Waals surface area contributed by atoms with Gasteiger partial charge >= 0.3 is 0 Å². The molecule has 0 fully saturated rings. The second kappa shape index (κ2) is 2.70. The SMILES string of the molecule is Cc1ccc2c(c1)NCCN2C. The van der Waals surface area contributed by atoms with Crippen LogP contribution >= 0.6 is 0 Å². The summed E-state index contributed by atoms with van der Waals surface area (Å²) in [5.74, 6) is 0. The fourth-order valence-corrected chi connectivity index (χ4v) is 1.60. The van der Waals surface area contributed by atoms with E-state index >= 15 is 0 Å². The van der Waals surface area contributed by atoms with E-state index in [0.717, 1.165) is 13.1 Å². The monoisotopic (exact) mass is 162 g/mol. The maximum atomic E-state index is 3.39. The lowest BCUT2D eigenvalue weighted by molar-refractivity contribution is 0.886. The molecule has 0 aromatic heterocycles. The Bertz CT molecular complexity index is 294. The Hall–Kier alpha value is -1.18. The molecule has 0 bridgehead atoms. The summed E-state index contributed by atoms with van der Waals surface area (Å²) in [6.45, 7) is 4.26. The molecule has 1 aromatic carbocycles. The van der Waals surface area contributed by atoms with Crippen LogP contribution in [0.3, 0.4) is 0 Å². The number of rotatable bonds is 0. The van der Waals surface area contributed by atoms with Crippen LogP contribution in [0, 0.1) is 6.92 Å². The summed E-state index contributed by atoms with van der Waals surface area (Å²) in [4.78, 5) is 2.28. The lowest BCUT2D eigenvalue weighted by atomic mass is 10.1. The number of aryl methyl sites for hydroxylation is 1. The minimum atomic E-state index is 1.05. The molecule has 0 amide bonds. The Balaban J connectivity index is 2.46. The van der Waals surface area contributed by atoms with E-state index in [1.54, 1.807) is 0 Å². The lowest BCUT2D eigenvalue weighted by Gasteiger charge is -2.28. The smallest absolute Gasteiger partial charge is 0.0600 e. The van der Waals surface area contributed by atoms with Gasteiger partial charge in [-0.25, -0.2) is 0 Å². The average molecular weight is 162 g/mol. The molecular formula is C10H14N2. The van der Waals surface area contributed by atoms with Crippen molar-refractivity contribution in [2.45, 2.75) is 6.92 Å². The highest BCUT2D eigenvalue weighted by atomic mass is 15.2. The number of likely N-dealkylation sites (N-methyl/N-ethyl adjacent to an activating group) is 1. The molecule has 1 heterocycles. The van der Waals surface area contributed by atoms with E-state index in [-0.39, 0.29) is 0 Å². The number of benzene rings is 1. The molecule has 12 heavy (non-hydrogen) atoms. The molecule has 64 valence electrons. The highest BCUT2D eigenvalue weighted by molar-refractivity contribution is 5.72. The van der Waals surface area contributed by atoms with Gasteiger partial charge in [-0.05, 0) is 24.6 Å². The molecule has 0 aliphatic carbocycles. The van der Waals surface area contributed by atoms with Crippen LogP contribution in [0.5, 0.6) is 0 Å². The van der Waals surface area contributed by atoms with Crippen molar-refractivity contribution in [3.8, 4) is 0 Å². The van der Waals surface area contributed by atoms with Gasteiger partial charge in [0.2, 0.25) is 0 Å². The third kappa shape index (κ3) is 1.13.